The molecule has 1 fully saturated rings. The van der Waals surface area contributed by atoms with Crippen LogP contribution in [0.1, 0.15) is 12.2 Å². The summed E-state index contributed by atoms with van der Waals surface area (Å²) < 4.78 is 34.3. The molecular formula is C17H18N2O7S. The first-order chi connectivity index (χ1) is 12.8. The molecule has 2 heterocycles. The van der Waals surface area contributed by atoms with Crippen molar-refractivity contribution in [2.24, 2.45) is 0 Å². The summed E-state index contributed by atoms with van der Waals surface area (Å²) in [4.78, 5) is 24.4. The fraction of sp³-hybridized carbons (Fsp3) is 0.353. The molecule has 1 aromatic heterocycles. The standard InChI is InChI=1S/C17H18N2O7S/c20-17(11-26-15-4-1-3-13(9-15)19(21)22)18(10-16-5-2-7-25-16)14-6-8-27(23,24)12-14/h1-5,7,9,14H,6,8,10-12H2. The van der Waals surface area contributed by atoms with Crippen molar-refractivity contribution in [2.45, 2.75) is 19.0 Å². The van der Waals surface area contributed by atoms with Gasteiger partial charge in [-0.1, -0.05) is 6.07 Å². The second kappa shape index (κ2) is 7.78. The predicted molar refractivity (Wildman–Crippen MR) is 94.9 cm³/mol. The Balaban J connectivity index is 1.71. The highest BCUT2D eigenvalue weighted by Gasteiger charge is 2.35. The second-order valence-electron chi connectivity index (χ2n) is 6.20. The van der Waals surface area contributed by atoms with Crippen LogP contribution in [0.15, 0.2) is 47.1 Å². The highest BCUT2D eigenvalue weighted by Crippen LogP contribution is 2.22. The third-order valence-corrected chi connectivity index (χ3v) is 6.02. The number of rotatable bonds is 7. The van der Waals surface area contributed by atoms with Crippen LogP contribution in [0.2, 0.25) is 0 Å². The van der Waals surface area contributed by atoms with Gasteiger partial charge in [0, 0.05) is 12.1 Å². The van der Waals surface area contributed by atoms with Gasteiger partial charge in [-0.15, -0.1) is 0 Å². The zero-order chi connectivity index (χ0) is 19.4. The summed E-state index contributed by atoms with van der Waals surface area (Å²) in [6, 6.07) is 8.44. The molecule has 1 unspecified atom stereocenters. The number of non-ortho nitro benzene ring substituents is 1. The lowest BCUT2D eigenvalue weighted by Crippen LogP contribution is -2.43. The predicted octanol–water partition coefficient (Wildman–Crippen LogP) is 1.78. The Labute approximate surface area is 155 Å². The van der Waals surface area contributed by atoms with Gasteiger partial charge in [-0.25, -0.2) is 8.42 Å². The number of nitrogens with zero attached hydrogens (tertiary/aromatic N) is 2. The molecule has 1 saturated heterocycles. The Morgan fingerprint density at radius 1 is 1.33 bits per heavy atom. The fourth-order valence-corrected chi connectivity index (χ4v) is 4.66. The number of carbonyl (C=O) groups excluding carboxylic acids is 1. The molecule has 0 bridgehead atoms. The van der Waals surface area contributed by atoms with Gasteiger partial charge >= 0.3 is 0 Å². The number of hydrogen-bond donors (Lipinski definition) is 0. The average Bonchev–Trinajstić information content (AvgIpc) is 3.27. The normalized spacial score (nSPS) is 18.1. The van der Waals surface area contributed by atoms with E-state index in [2.05, 4.69) is 0 Å². The van der Waals surface area contributed by atoms with E-state index in [4.69, 9.17) is 9.15 Å². The number of benzene rings is 1. The van der Waals surface area contributed by atoms with E-state index in [1.54, 1.807) is 12.1 Å². The minimum Gasteiger partial charge on any atom is -0.484 e. The van der Waals surface area contributed by atoms with Crippen LogP contribution in [0.5, 0.6) is 5.75 Å². The average molecular weight is 394 g/mol. The summed E-state index contributed by atoms with van der Waals surface area (Å²) in [5.74, 6) is 0.235. The van der Waals surface area contributed by atoms with Gasteiger partial charge in [-0.2, -0.15) is 0 Å². The Morgan fingerprint density at radius 3 is 2.78 bits per heavy atom. The molecule has 0 spiro atoms. The van der Waals surface area contributed by atoms with Crippen LogP contribution in [0, 0.1) is 10.1 Å². The fourth-order valence-electron chi connectivity index (χ4n) is 2.93. The maximum absolute atomic E-state index is 12.7. The van der Waals surface area contributed by atoms with Gasteiger partial charge in [-0.3, -0.25) is 14.9 Å². The van der Waals surface area contributed by atoms with E-state index in [0.29, 0.717) is 12.2 Å². The number of carbonyl (C=O) groups is 1. The minimum atomic E-state index is -3.18. The van der Waals surface area contributed by atoms with Gasteiger partial charge in [0.25, 0.3) is 11.6 Å². The van der Waals surface area contributed by atoms with Gasteiger partial charge in [0.15, 0.2) is 16.4 Å². The van der Waals surface area contributed by atoms with Crippen molar-refractivity contribution < 1.29 is 27.3 Å². The van der Waals surface area contributed by atoms with Crippen molar-refractivity contribution in [1.82, 2.24) is 4.90 Å². The van der Waals surface area contributed by atoms with Gasteiger partial charge in [0.2, 0.25) is 0 Å². The zero-order valence-corrected chi connectivity index (χ0v) is 15.1. The van der Waals surface area contributed by atoms with E-state index >= 15 is 0 Å². The molecule has 0 saturated carbocycles. The number of nitro groups is 1. The number of nitro benzene ring substituents is 1. The summed E-state index contributed by atoms with van der Waals surface area (Å²) in [5, 5.41) is 10.8. The third-order valence-electron chi connectivity index (χ3n) is 4.27. The van der Waals surface area contributed by atoms with E-state index in [0.717, 1.165) is 0 Å². The van der Waals surface area contributed by atoms with Crippen molar-refractivity contribution in [3.05, 3.63) is 58.5 Å². The molecule has 10 heteroatoms. The maximum Gasteiger partial charge on any atom is 0.273 e. The molecule has 0 aliphatic carbocycles. The van der Waals surface area contributed by atoms with Crippen LogP contribution in [0.3, 0.4) is 0 Å². The van der Waals surface area contributed by atoms with E-state index in [-0.39, 0.29) is 36.1 Å². The lowest BCUT2D eigenvalue weighted by atomic mass is 10.2. The number of hydrogen-bond acceptors (Lipinski definition) is 7. The molecule has 1 aliphatic rings. The summed E-state index contributed by atoms with van der Waals surface area (Å²) in [5.41, 5.74) is -0.144. The Morgan fingerprint density at radius 2 is 2.15 bits per heavy atom. The minimum absolute atomic E-state index is 0.0331. The molecule has 0 N–H and O–H groups in total. The molecule has 0 radical (unpaired) electrons. The summed E-state index contributed by atoms with van der Waals surface area (Å²) >= 11 is 0. The van der Waals surface area contributed by atoms with E-state index in [1.165, 1.54) is 35.4 Å². The highest BCUT2D eigenvalue weighted by atomic mass is 32.2. The smallest absolute Gasteiger partial charge is 0.273 e. The Bertz CT molecular complexity index is 925. The van der Waals surface area contributed by atoms with Crippen molar-refractivity contribution in [1.29, 1.82) is 0 Å². The quantitative estimate of drug-likeness (QED) is 0.518. The van der Waals surface area contributed by atoms with E-state index in [1.807, 2.05) is 0 Å². The van der Waals surface area contributed by atoms with Gasteiger partial charge in [0.05, 0.1) is 35.3 Å². The molecule has 144 valence electrons. The molecule has 1 amide bonds. The number of sulfone groups is 1. The van der Waals surface area contributed by atoms with Gasteiger partial charge in [0.1, 0.15) is 11.5 Å². The number of ether oxygens (including phenoxy) is 1. The van der Waals surface area contributed by atoms with Gasteiger partial charge in [-0.05, 0) is 24.6 Å². The molecule has 2 aromatic rings. The van der Waals surface area contributed by atoms with Gasteiger partial charge < -0.3 is 14.1 Å². The Kier molecular flexibility index (Phi) is 5.45. The van der Waals surface area contributed by atoms with E-state index < -0.39 is 26.7 Å². The first-order valence-electron chi connectivity index (χ1n) is 8.23. The summed E-state index contributed by atoms with van der Waals surface area (Å²) in [7, 11) is -3.18. The second-order valence-corrected chi connectivity index (χ2v) is 8.43. The van der Waals surface area contributed by atoms with E-state index in [9.17, 15) is 23.3 Å². The van der Waals surface area contributed by atoms with Crippen LogP contribution < -0.4 is 4.74 Å². The molecule has 1 aliphatic heterocycles. The van der Waals surface area contributed by atoms with Crippen molar-refractivity contribution in [2.75, 3.05) is 18.1 Å². The summed E-state index contributed by atoms with van der Waals surface area (Å²) in [6.45, 7) is -0.233. The van der Waals surface area contributed by atoms with Crippen molar-refractivity contribution in [3.8, 4) is 5.75 Å². The highest BCUT2D eigenvalue weighted by molar-refractivity contribution is 7.91. The molecule has 3 rings (SSSR count). The number of furan rings is 1. The van der Waals surface area contributed by atoms with Crippen molar-refractivity contribution in [3.63, 3.8) is 0 Å². The van der Waals surface area contributed by atoms with Crippen LogP contribution in [0.25, 0.3) is 0 Å². The topological polar surface area (TPSA) is 120 Å². The van der Waals surface area contributed by atoms with Crippen LogP contribution in [0.4, 0.5) is 5.69 Å². The third kappa shape index (κ3) is 4.85. The van der Waals surface area contributed by atoms with Crippen LogP contribution in [-0.4, -0.2) is 48.3 Å². The lowest BCUT2D eigenvalue weighted by molar-refractivity contribution is -0.384. The lowest BCUT2D eigenvalue weighted by Gasteiger charge is -2.27. The van der Waals surface area contributed by atoms with Crippen LogP contribution >= 0.6 is 0 Å². The first-order valence-corrected chi connectivity index (χ1v) is 10.1. The molecule has 1 atom stereocenters. The maximum atomic E-state index is 12.7. The monoisotopic (exact) mass is 394 g/mol. The largest absolute Gasteiger partial charge is 0.484 e. The Hall–Kier alpha value is -2.88. The molecule has 9 nitrogen and oxygen atoms in total. The number of amides is 1. The van der Waals surface area contributed by atoms with Crippen molar-refractivity contribution >= 4 is 21.4 Å². The molecule has 27 heavy (non-hydrogen) atoms. The zero-order valence-electron chi connectivity index (χ0n) is 14.3. The molecular weight excluding hydrogens is 376 g/mol. The van der Waals surface area contributed by atoms with Crippen LogP contribution in [-0.2, 0) is 21.2 Å². The SMILES string of the molecule is O=C(COc1cccc([N+](=O)[O-])c1)N(Cc1ccco1)C1CCS(=O)(=O)C1. The first kappa shape index (κ1) is 18.9. The summed E-state index contributed by atoms with van der Waals surface area (Å²) in [6.07, 6.45) is 1.83. The molecule has 1 aromatic carbocycles.